The molecule has 1 aliphatic heterocycles. The molecule has 1 heterocycles. The number of hydrogen-bond acceptors (Lipinski definition) is 3. The lowest BCUT2D eigenvalue weighted by atomic mass is 9.92. The predicted octanol–water partition coefficient (Wildman–Crippen LogP) is 5.40. The Bertz CT molecular complexity index is 742. The maximum Gasteiger partial charge on any atom is 0.269 e. The average Bonchev–Trinajstić information content (AvgIpc) is 2.55. The molecular formula is C18H16ClNO3. The first-order valence-electron chi connectivity index (χ1n) is 7.35. The van der Waals surface area contributed by atoms with E-state index in [-0.39, 0.29) is 17.9 Å². The molecule has 0 N–H and O–H groups in total. The molecule has 1 saturated heterocycles. The molecule has 2 aromatic rings. The highest BCUT2D eigenvalue weighted by molar-refractivity contribution is 6.30. The second-order valence-corrected chi connectivity index (χ2v) is 6.11. The summed E-state index contributed by atoms with van der Waals surface area (Å²) in [5.74, 6) is 0. The number of non-ortho nitro benzene ring substituents is 1. The summed E-state index contributed by atoms with van der Waals surface area (Å²) in [6, 6.07) is 14.1. The molecule has 0 spiro atoms. The molecule has 23 heavy (non-hydrogen) atoms. The minimum atomic E-state index is -0.391. The number of nitrogens with zero attached hydrogens (tertiary/aromatic N) is 1. The number of rotatable bonds is 3. The zero-order chi connectivity index (χ0) is 16.4. The maximum atomic E-state index is 11.0. The molecule has 4 nitrogen and oxygen atoms in total. The van der Waals surface area contributed by atoms with Gasteiger partial charge >= 0.3 is 0 Å². The Hall–Kier alpha value is -2.17. The van der Waals surface area contributed by atoms with E-state index >= 15 is 0 Å². The van der Waals surface area contributed by atoms with Gasteiger partial charge in [-0.15, -0.1) is 0 Å². The molecule has 3 rings (SSSR count). The highest BCUT2D eigenvalue weighted by atomic mass is 35.5. The van der Waals surface area contributed by atoms with Crippen LogP contribution < -0.4 is 0 Å². The molecule has 2 aromatic carbocycles. The van der Waals surface area contributed by atoms with E-state index in [1.807, 2.05) is 30.3 Å². The Morgan fingerprint density at radius 2 is 1.74 bits per heavy atom. The normalized spacial score (nSPS) is 21.2. The van der Waals surface area contributed by atoms with Gasteiger partial charge in [0.1, 0.15) is 0 Å². The molecule has 2 atom stereocenters. The van der Waals surface area contributed by atoms with Crippen LogP contribution in [0, 0.1) is 10.1 Å². The Balaban J connectivity index is 1.86. The van der Waals surface area contributed by atoms with Crippen LogP contribution in [-0.2, 0) is 4.74 Å². The van der Waals surface area contributed by atoms with Gasteiger partial charge in [0, 0.05) is 17.2 Å². The van der Waals surface area contributed by atoms with Crippen LogP contribution in [0.15, 0.2) is 60.7 Å². The topological polar surface area (TPSA) is 52.4 Å². The third-order valence-corrected chi connectivity index (χ3v) is 4.22. The van der Waals surface area contributed by atoms with E-state index in [2.05, 4.69) is 6.58 Å². The highest BCUT2D eigenvalue weighted by Gasteiger charge is 2.27. The maximum absolute atomic E-state index is 11.0. The minimum Gasteiger partial charge on any atom is -0.365 e. The van der Waals surface area contributed by atoms with Crippen molar-refractivity contribution in [3.8, 4) is 0 Å². The van der Waals surface area contributed by atoms with Gasteiger partial charge in [0.2, 0.25) is 0 Å². The number of nitro benzene ring substituents is 1. The van der Waals surface area contributed by atoms with E-state index in [0.29, 0.717) is 11.4 Å². The third kappa shape index (κ3) is 3.60. The van der Waals surface area contributed by atoms with Crippen LogP contribution in [0.2, 0.25) is 5.02 Å². The minimum absolute atomic E-state index is 0.0744. The molecule has 1 aliphatic rings. The first kappa shape index (κ1) is 15.7. The lowest BCUT2D eigenvalue weighted by Gasteiger charge is -2.32. The van der Waals surface area contributed by atoms with Gasteiger partial charge in [0.05, 0.1) is 17.1 Å². The van der Waals surface area contributed by atoms with Gasteiger partial charge in [-0.1, -0.05) is 48.0 Å². The van der Waals surface area contributed by atoms with E-state index in [0.717, 1.165) is 23.1 Å². The molecule has 0 saturated carbocycles. The summed E-state index contributed by atoms with van der Waals surface area (Å²) < 4.78 is 6.18. The Labute approximate surface area is 139 Å². The van der Waals surface area contributed by atoms with Crippen molar-refractivity contribution in [3.05, 3.63) is 86.9 Å². The van der Waals surface area contributed by atoms with E-state index in [1.54, 1.807) is 12.1 Å². The standard InChI is InChI=1S/C18H16ClNO3/c1-12-9-17(13-5-7-15(19)8-6-13)23-18(10-12)14-3-2-4-16(11-14)20(21)22/h2-8,11,17-18H,1,9-10H2/t17-,18+/m0/s1. The summed E-state index contributed by atoms with van der Waals surface area (Å²) in [4.78, 5) is 10.6. The van der Waals surface area contributed by atoms with Gasteiger partial charge in [-0.05, 0) is 36.1 Å². The van der Waals surface area contributed by atoms with Gasteiger partial charge in [-0.2, -0.15) is 0 Å². The molecule has 0 amide bonds. The second kappa shape index (κ2) is 6.52. The van der Waals surface area contributed by atoms with Crippen molar-refractivity contribution < 1.29 is 9.66 Å². The lowest BCUT2D eigenvalue weighted by molar-refractivity contribution is -0.385. The predicted molar refractivity (Wildman–Crippen MR) is 89.5 cm³/mol. The summed E-state index contributed by atoms with van der Waals surface area (Å²) in [6.07, 6.45) is 1.08. The summed E-state index contributed by atoms with van der Waals surface area (Å²) in [5.41, 5.74) is 2.99. The fourth-order valence-corrected chi connectivity index (χ4v) is 2.94. The van der Waals surface area contributed by atoms with Crippen molar-refractivity contribution in [1.29, 1.82) is 0 Å². The van der Waals surface area contributed by atoms with Gasteiger partial charge < -0.3 is 4.74 Å². The Morgan fingerprint density at radius 1 is 1.09 bits per heavy atom. The van der Waals surface area contributed by atoms with Gasteiger partial charge in [-0.25, -0.2) is 0 Å². The number of halogens is 1. The largest absolute Gasteiger partial charge is 0.365 e. The first-order valence-corrected chi connectivity index (χ1v) is 7.72. The van der Waals surface area contributed by atoms with Crippen molar-refractivity contribution in [1.82, 2.24) is 0 Å². The fraction of sp³-hybridized carbons (Fsp3) is 0.222. The van der Waals surface area contributed by atoms with Gasteiger partial charge in [-0.3, -0.25) is 10.1 Å². The van der Waals surface area contributed by atoms with E-state index in [1.165, 1.54) is 6.07 Å². The Morgan fingerprint density at radius 3 is 2.39 bits per heavy atom. The molecule has 0 aliphatic carbocycles. The van der Waals surface area contributed by atoms with Crippen LogP contribution in [0.1, 0.15) is 36.2 Å². The number of benzene rings is 2. The van der Waals surface area contributed by atoms with E-state index in [9.17, 15) is 10.1 Å². The van der Waals surface area contributed by atoms with E-state index in [4.69, 9.17) is 16.3 Å². The lowest BCUT2D eigenvalue weighted by Crippen LogP contribution is -2.18. The summed E-state index contributed by atoms with van der Waals surface area (Å²) >= 11 is 5.93. The van der Waals surface area contributed by atoms with Crippen molar-refractivity contribution >= 4 is 17.3 Å². The summed E-state index contributed by atoms with van der Waals surface area (Å²) in [5, 5.41) is 11.6. The molecule has 5 heteroatoms. The third-order valence-electron chi connectivity index (χ3n) is 3.97. The number of ether oxygens (including phenoxy) is 1. The average molecular weight is 330 g/mol. The smallest absolute Gasteiger partial charge is 0.269 e. The summed E-state index contributed by atoms with van der Waals surface area (Å²) in [6.45, 7) is 4.10. The van der Waals surface area contributed by atoms with Crippen LogP contribution in [-0.4, -0.2) is 4.92 Å². The van der Waals surface area contributed by atoms with Gasteiger partial charge in [0.15, 0.2) is 0 Å². The van der Waals surface area contributed by atoms with Crippen LogP contribution >= 0.6 is 11.6 Å². The van der Waals surface area contributed by atoms with Crippen LogP contribution in [0.5, 0.6) is 0 Å². The van der Waals surface area contributed by atoms with Crippen molar-refractivity contribution in [2.45, 2.75) is 25.0 Å². The van der Waals surface area contributed by atoms with Crippen LogP contribution in [0.3, 0.4) is 0 Å². The van der Waals surface area contributed by atoms with Crippen molar-refractivity contribution in [2.24, 2.45) is 0 Å². The molecule has 0 bridgehead atoms. The van der Waals surface area contributed by atoms with Crippen molar-refractivity contribution in [3.63, 3.8) is 0 Å². The zero-order valence-electron chi connectivity index (χ0n) is 12.4. The van der Waals surface area contributed by atoms with Crippen LogP contribution in [0.4, 0.5) is 5.69 Å². The fourth-order valence-electron chi connectivity index (χ4n) is 2.81. The zero-order valence-corrected chi connectivity index (χ0v) is 13.2. The Kier molecular flexibility index (Phi) is 4.46. The number of hydrogen-bond donors (Lipinski definition) is 0. The number of nitro groups is 1. The summed E-state index contributed by atoms with van der Waals surface area (Å²) in [7, 11) is 0. The van der Waals surface area contributed by atoms with Crippen molar-refractivity contribution in [2.75, 3.05) is 0 Å². The van der Waals surface area contributed by atoms with E-state index < -0.39 is 4.92 Å². The second-order valence-electron chi connectivity index (χ2n) is 5.68. The van der Waals surface area contributed by atoms with Gasteiger partial charge in [0.25, 0.3) is 5.69 Å². The quantitative estimate of drug-likeness (QED) is 0.430. The molecular weight excluding hydrogens is 314 g/mol. The molecule has 0 radical (unpaired) electrons. The molecule has 0 aromatic heterocycles. The molecule has 1 fully saturated rings. The molecule has 118 valence electrons. The van der Waals surface area contributed by atoms with Crippen LogP contribution in [0.25, 0.3) is 0 Å². The SMILES string of the molecule is C=C1C[C@@H](c2ccc(Cl)cc2)O[C@@H](c2cccc([N+](=O)[O-])c2)C1. The monoisotopic (exact) mass is 329 g/mol. The molecule has 0 unspecified atom stereocenters. The first-order chi connectivity index (χ1) is 11.0. The highest BCUT2D eigenvalue weighted by Crippen LogP contribution is 2.41.